The van der Waals surface area contributed by atoms with Crippen molar-refractivity contribution in [2.75, 3.05) is 26.2 Å². The Hall–Kier alpha value is -1.40. The summed E-state index contributed by atoms with van der Waals surface area (Å²) in [5.41, 5.74) is 1.12. The maximum atomic E-state index is 12.9. The van der Waals surface area contributed by atoms with Crippen molar-refractivity contribution in [3.05, 3.63) is 33.8 Å². The minimum Gasteiger partial charge on any atom is -0.390 e. The average molecular weight is 421 g/mol. The molecule has 6 heteroatoms. The molecule has 140 valence electrons. The van der Waals surface area contributed by atoms with E-state index in [0.29, 0.717) is 19.6 Å². The van der Waals surface area contributed by atoms with E-state index in [4.69, 9.17) is 0 Å². The zero-order chi connectivity index (χ0) is 18.7. The monoisotopic (exact) mass is 420 g/mol. The lowest BCUT2D eigenvalue weighted by molar-refractivity contribution is -0.131. The first-order valence-electron chi connectivity index (χ1n) is 9.29. The lowest BCUT2D eigenvalue weighted by Gasteiger charge is -2.35. The van der Waals surface area contributed by atoms with Crippen LogP contribution in [0.25, 0.3) is 0 Å². The van der Waals surface area contributed by atoms with Crippen LogP contribution >= 0.6 is 15.9 Å². The first kappa shape index (κ1) is 18.0. The largest absolute Gasteiger partial charge is 0.390 e. The molecule has 3 aliphatic rings. The van der Waals surface area contributed by atoms with Crippen LogP contribution in [-0.4, -0.2) is 58.5 Å². The Balaban J connectivity index is 1.49. The van der Waals surface area contributed by atoms with Gasteiger partial charge in [-0.15, -0.1) is 0 Å². The second-order valence-corrected chi connectivity index (χ2v) is 9.53. The highest BCUT2D eigenvalue weighted by Crippen LogP contribution is 2.52. The number of hydrogen-bond acceptors (Lipinski definition) is 3. The molecule has 2 fully saturated rings. The van der Waals surface area contributed by atoms with E-state index < -0.39 is 5.60 Å². The first-order chi connectivity index (χ1) is 12.2. The van der Waals surface area contributed by atoms with Gasteiger partial charge in [0.2, 0.25) is 5.91 Å². The normalized spacial score (nSPS) is 24.2. The molecule has 26 heavy (non-hydrogen) atoms. The fourth-order valence-electron chi connectivity index (χ4n) is 4.37. The van der Waals surface area contributed by atoms with Gasteiger partial charge in [0.25, 0.3) is 5.91 Å². The van der Waals surface area contributed by atoms with Crippen LogP contribution in [0.4, 0.5) is 0 Å². The minimum absolute atomic E-state index is 0.0125. The summed E-state index contributed by atoms with van der Waals surface area (Å²) in [6.45, 7) is 5.58. The summed E-state index contributed by atoms with van der Waals surface area (Å²) in [6.07, 6.45) is 2.95. The van der Waals surface area contributed by atoms with Gasteiger partial charge in [-0.05, 0) is 56.9 Å². The van der Waals surface area contributed by atoms with Crippen molar-refractivity contribution in [1.29, 1.82) is 0 Å². The second-order valence-electron chi connectivity index (χ2n) is 8.61. The van der Waals surface area contributed by atoms with E-state index in [9.17, 15) is 14.7 Å². The summed E-state index contributed by atoms with van der Waals surface area (Å²) in [5.74, 6) is 0.0365. The van der Waals surface area contributed by atoms with Crippen molar-refractivity contribution < 1.29 is 14.7 Å². The number of fused-ring (bicyclic) bond motifs is 2. The highest BCUT2D eigenvalue weighted by atomic mass is 79.9. The first-order valence-corrected chi connectivity index (χ1v) is 10.1. The molecule has 2 heterocycles. The van der Waals surface area contributed by atoms with Crippen molar-refractivity contribution in [3.63, 3.8) is 0 Å². The van der Waals surface area contributed by atoms with Gasteiger partial charge in [-0.25, -0.2) is 0 Å². The summed E-state index contributed by atoms with van der Waals surface area (Å²) in [5, 5.41) is 10.2. The summed E-state index contributed by atoms with van der Waals surface area (Å²) < 4.78 is 0.995. The fourth-order valence-corrected chi connectivity index (χ4v) is 4.73. The number of benzene rings is 1. The van der Waals surface area contributed by atoms with Crippen molar-refractivity contribution in [2.45, 2.75) is 44.1 Å². The molecule has 1 atom stereocenters. The predicted molar refractivity (Wildman–Crippen MR) is 102 cm³/mol. The summed E-state index contributed by atoms with van der Waals surface area (Å²) >= 11 is 3.51. The fraction of sp³-hybridized carbons (Fsp3) is 0.600. The molecule has 0 bridgehead atoms. The number of hydrogen-bond donors (Lipinski definition) is 1. The number of carbonyl (C=O) groups is 2. The standard InChI is InChI=1S/C20H25BrN2O3/c1-19(2,26)13-5-8-22(10-13)17(24)11-23-12-20(6-7-20)16-9-14(21)3-4-15(16)18(23)25/h3-4,9,13,26H,5-8,10-12H2,1-2H3/t13-/m0/s1. The number of aliphatic hydroxyl groups is 1. The van der Waals surface area contributed by atoms with Crippen LogP contribution in [0.1, 0.15) is 49.0 Å². The van der Waals surface area contributed by atoms with E-state index in [1.807, 2.05) is 12.1 Å². The molecule has 2 aliphatic heterocycles. The Labute approximate surface area is 162 Å². The summed E-state index contributed by atoms with van der Waals surface area (Å²) in [7, 11) is 0. The van der Waals surface area contributed by atoms with Gasteiger partial charge in [0, 0.05) is 41.0 Å². The summed E-state index contributed by atoms with van der Waals surface area (Å²) in [6, 6.07) is 5.83. The van der Waals surface area contributed by atoms with Gasteiger partial charge in [-0.1, -0.05) is 15.9 Å². The van der Waals surface area contributed by atoms with E-state index in [2.05, 4.69) is 22.0 Å². The maximum Gasteiger partial charge on any atom is 0.254 e. The quantitative estimate of drug-likeness (QED) is 0.816. The molecule has 0 unspecified atom stereocenters. The van der Waals surface area contributed by atoms with Crippen LogP contribution in [-0.2, 0) is 10.2 Å². The van der Waals surface area contributed by atoms with Crippen LogP contribution < -0.4 is 0 Å². The van der Waals surface area contributed by atoms with E-state index in [1.54, 1.807) is 23.6 Å². The molecule has 1 aromatic rings. The van der Waals surface area contributed by atoms with Crippen molar-refractivity contribution >= 4 is 27.7 Å². The Bertz CT molecular complexity index is 767. The SMILES string of the molecule is CC(C)(O)[C@H]1CCN(C(=O)CN2CC3(CC3)c3cc(Br)ccc3C2=O)C1. The van der Waals surface area contributed by atoms with Crippen LogP contribution in [0.15, 0.2) is 22.7 Å². The van der Waals surface area contributed by atoms with Gasteiger partial charge < -0.3 is 14.9 Å². The lowest BCUT2D eigenvalue weighted by atomic mass is 9.86. The van der Waals surface area contributed by atoms with Crippen LogP contribution in [0.2, 0.25) is 0 Å². The summed E-state index contributed by atoms with van der Waals surface area (Å²) in [4.78, 5) is 29.2. The Morgan fingerprint density at radius 2 is 2.12 bits per heavy atom. The highest BCUT2D eigenvalue weighted by molar-refractivity contribution is 9.10. The second kappa shape index (κ2) is 6.06. The van der Waals surface area contributed by atoms with Gasteiger partial charge in [0.15, 0.2) is 0 Å². The third kappa shape index (κ3) is 3.07. The van der Waals surface area contributed by atoms with Gasteiger partial charge in [-0.2, -0.15) is 0 Å². The van der Waals surface area contributed by atoms with Crippen molar-refractivity contribution in [1.82, 2.24) is 9.80 Å². The van der Waals surface area contributed by atoms with Gasteiger partial charge >= 0.3 is 0 Å². The van der Waals surface area contributed by atoms with Gasteiger partial charge in [0.05, 0.1) is 5.60 Å². The zero-order valence-corrected chi connectivity index (χ0v) is 16.9. The van der Waals surface area contributed by atoms with Gasteiger partial charge in [0.1, 0.15) is 6.54 Å². The van der Waals surface area contributed by atoms with Crippen molar-refractivity contribution in [2.24, 2.45) is 5.92 Å². The third-order valence-electron chi connectivity index (χ3n) is 6.28. The van der Waals surface area contributed by atoms with E-state index >= 15 is 0 Å². The minimum atomic E-state index is -0.777. The molecule has 0 radical (unpaired) electrons. The third-order valence-corrected chi connectivity index (χ3v) is 6.78. The molecular formula is C20H25BrN2O3. The number of rotatable bonds is 3. The van der Waals surface area contributed by atoms with Crippen molar-refractivity contribution in [3.8, 4) is 0 Å². The number of halogens is 1. The van der Waals surface area contributed by atoms with Crippen LogP contribution in [0.5, 0.6) is 0 Å². The molecule has 1 saturated heterocycles. The molecule has 1 aliphatic carbocycles. The number of likely N-dealkylation sites (tertiary alicyclic amines) is 1. The molecule has 4 rings (SSSR count). The predicted octanol–water partition coefficient (Wildman–Crippen LogP) is 2.56. The maximum absolute atomic E-state index is 12.9. The molecular weight excluding hydrogens is 396 g/mol. The zero-order valence-electron chi connectivity index (χ0n) is 15.3. The van der Waals surface area contributed by atoms with E-state index in [1.165, 1.54) is 0 Å². The van der Waals surface area contributed by atoms with E-state index in [-0.39, 0.29) is 29.7 Å². The molecule has 1 aromatic carbocycles. The average Bonchev–Trinajstić information content (AvgIpc) is 3.14. The number of nitrogens with zero attached hydrogens (tertiary/aromatic N) is 2. The number of amides is 2. The Morgan fingerprint density at radius 1 is 1.38 bits per heavy atom. The number of carbonyl (C=O) groups excluding carboxylic acids is 2. The van der Waals surface area contributed by atoms with Gasteiger partial charge in [-0.3, -0.25) is 9.59 Å². The molecule has 5 nitrogen and oxygen atoms in total. The molecule has 2 amide bonds. The molecule has 1 spiro atoms. The van der Waals surface area contributed by atoms with Crippen LogP contribution in [0, 0.1) is 5.92 Å². The lowest BCUT2D eigenvalue weighted by Crippen LogP contribution is -2.48. The van der Waals surface area contributed by atoms with Crippen LogP contribution in [0.3, 0.4) is 0 Å². The topological polar surface area (TPSA) is 60.9 Å². The van der Waals surface area contributed by atoms with E-state index in [0.717, 1.165) is 34.9 Å². The smallest absolute Gasteiger partial charge is 0.254 e. The molecule has 1 saturated carbocycles. The Kier molecular flexibility index (Phi) is 4.19. The highest BCUT2D eigenvalue weighted by Gasteiger charge is 2.51. The Morgan fingerprint density at radius 3 is 2.73 bits per heavy atom. The molecule has 0 aromatic heterocycles. The molecule has 1 N–H and O–H groups in total.